The van der Waals surface area contributed by atoms with E-state index >= 15 is 0 Å². The van der Waals surface area contributed by atoms with Gasteiger partial charge in [0.15, 0.2) is 0 Å². The number of para-hydroxylation sites is 1. The van der Waals surface area contributed by atoms with E-state index in [1.165, 1.54) is 18.2 Å². The third kappa shape index (κ3) is 2.73. The smallest absolute Gasteiger partial charge is 0.262 e. The lowest BCUT2D eigenvalue weighted by Gasteiger charge is -2.10. The fourth-order valence-electron chi connectivity index (χ4n) is 1.66. The Morgan fingerprint density at radius 1 is 1.20 bits per heavy atom. The van der Waals surface area contributed by atoms with E-state index in [-0.39, 0.29) is 16.1 Å². The van der Waals surface area contributed by atoms with Crippen LogP contribution in [0.1, 0.15) is 11.1 Å². The molecule has 0 unspecified atom stereocenters. The summed E-state index contributed by atoms with van der Waals surface area (Å²) in [5.74, 6) is 0. The van der Waals surface area contributed by atoms with Crippen LogP contribution in [0, 0.1) is 18.3 Å². The summed E-state index contributed by atoms with van der Waals surface area (Å²) in [5, 5.41) is 8.96. The molecule has 0 radical (unpaired) electrons. The van der Waals surface area contributed by atoms with E-state index in [0.29, 0.717) is 5.69 Å². The molecule has 2 aromatic carbocycles. The van der Waals surface area contributed by atoms with Gasteiger partial charge in [-0.25, -0.2) is 8.42 Å². The Morgan fingerprint density at radius 3 is 2.55 bits per heavy atom. The number of hydrogen-bond donors (Lipinski definition) is 2. The molecule has 0 bridgehead atoms. The van der Waals surface area contributed by atoms with Crippen LogP contribution in [-0.2, 0) is 10.0 Å². The van der Waals surface area contributed by atoms with Gasteiger partial charge in [0.2, 0.25) is 0 Å². The second-order valence-corrected chi connectivity index (χ2v) is 5.96. The number of sulfonamides is 1. The van der Waals surface area contributed by atoms with Gasteiger partial charge < -0.3 is 5.73 Å². The van der Waals surface area contributed by atoms with Gasteiger partial charge in [-0.05, 0) is 36.8 Å². The van der Waals surface area contributed by atoms with E-state index in [1.54, 1.807) is 31.2 Å². The number of nitrogen functional groups attached to an aromatic ring is 1. The maximum absolute atomic E-state index is 12.3. The van der Waals surface area contributed by atoms with Crippen molar-refractivity contribution >= 4 is 21.4 Å². The van der Waals surface area contributed by atoms with E-state index in [4.69, 9.17) is 11.0 Å². The van der Waals surface area contributed by atoms with Crippen LogP contribution in [0.4, 0.5) is 11.4 Å². The van der Waals surface area contributed by atoms with E-state index in [0.717, 1.165) is 5.56 Å². The quantitative estimate of drug-likeness (QED) is 0.846. The van der Waals surface area contributed by atoms with Crippen molar-refractivity contribution in [3.63, 3.8) is 0 Å². The summed E-state index contributed by atoms with van der Waals surface area (Å²) in [6, 6.07) is 12.8. The highest BCUT2D eigenvalue weighted by Gasteiger charge is 2.16. The largest absolute Gasteiger partial charge is 0.398 e. The van der Waals surface area contributed by atoms with Crippen molar-refractivity contribution < 1.29 is 8.42 Å². The van der Waals surface area contributed by atoms with Crippen molar-refractivity contribution in [2.45, 2.75) is 11.8 Å². The predicted molar refractivity (Wildman–Crippen MR) is 77.6 cm³/mol. The Kier molecular flexibility index (Phi) is 3.63. The lowest BCUT2D eigenvalue weighted by Crippen LogP contribution is -2.14. The topological polar surface area (TPSA) is 96.0 Å². The van der Waals surface area contributed by atoms with Crippen LogP contribution in [0.2, 0.25) is 0 Å². The Hall–Kier alpha value is -2.52. The van der Waals surface area contributed by atoms with Crippen molar-refractivity contribution in [2.24, 2.45) is 0 Å². The first-order chi connectivity index (χ1) is 9.44. The Morgan fingerprint density at radius 2 is 1.90 bits per heavy atom. The highest BCUT2D eigenvalue weighted by Crippen LogP contribution is 2.22. The molecule has 0 aromatic heterocycles. The number of benzene rings is 2. The zero-order valence-electron chi connectivity index (χ0n) is 10.8. The van der Waals surface area contributed by atoms with Crippen molar-refractivity contribution in [3.8, 4) is 6.07 Å². The van der Waals surface area contributed by atoms with Crippen LogP contribution in [0.15, 0.2) is 47.4 Å². The van der Waals surface area contributed by atoms with Crippen LogP contribution < -0.4 is 10.5 Å². The number of nitriles is 1. The third-order valence-corrected chi connectivity index (χ3v) is 4.22. The third-order valence-electron chi connectivity index (χ3n) is 2.85. The molecule has 0 aliphatic carbocycles. The molecule has 0 spiro atoms. The molecule has 102 valence electrons. The van der Waals surface area contributed by atoms with Crippen molar-refractivity contribution in [2.75, 3.05) is 10.5 Å². The lowest BCUT2D eigenvalue weighted by atomic mass is 10.2. The molecule has 0 saturated carbocycles. The molecule has 0 heterocycles. The number of hydrogen-bond acceptors (Lipinski definition) is 4. The highest BCUT2D eigenvalue weighted by atomic mass is 32.2. The first-order valence-electron chi connectivity index (χ1n) is 5.82. The minimum Gasteiger partial charge on any atom is -0.398 e. The second kappa shape index (κ2) is 5.23. The second-order valence-electron chi connectivity index (χ2n) is 4.28. The normalized spacial score (nSPS) is 10.8. The van der Waals surface area contributed by atoms with Gasteiger partial charge >= 0.3 is 0 Å². The molecular formula is C14H13N3O2S. The van der Waals surface area contributed by atoms with Gasteiger partial charge in [0.05, 0.1) is 16.1 Å². The Labute approximate surface area is 117 Å². The number of nitrogens with one attached hydrogen (secondary N) is 1. The summed E-state index contributed by atoms with van der Waals surface area (Å²) in [5.41, 5.74) is 7.44. The van der Waals surface area contributed by atoms with Crippen molar-refractivity contribution in [1.29, 1.82) is 5.26 Å². The molecule has 0 aliphatic rings. The van der Waals surface area contributed by atoms with E-state index in [1.807, 2.05) is 6.07 Å². The molecule has 2 aromatic rings. The molecule has 3 N–H and O–H groups in total. The first-order valence-corrected chi connectivity index (χ1v) is 7.30. The van der Waals surface area contributed by atoms with Crippen molar-refractivity contribution in [3.05, 3.63) is 53.6 Å². The van der Waals surface area contributed by atoms with Gasteiger partial charge in [0, 0.05) is 5.69 Å². The first kappa shape index (κ1) is 13.9. The molecule has 0 amide bonds. The van der Waals surface area contributed by atoms with Gasteiger partial charge in [0.1, 0.15) is 6.07 Å². The summed E-state index contributed by atoms with van der Waals surface area (Å²) >= 11 is 0. The zero-order chi connectivity index (χ0) is 14.8. The molecule has 6 heteroatoms. The standard InChI is InChI=1S/C14H13N3O2S/c1-10-6-7-12(8-13(10)16)20(18,19)17-14-5-3-2-4-11(14)9-15/h2-8,17H,16H2,1H3. The molecule has 0 saturated heterocycles. The number of rotatable bonds is 3. The maximum Gasteiger partial charge on any atom is 0.262 e. The molecular weight excluding hydrogens is 274 g/mol. The molecule has 5 nitrogen and oxygen atoms in total. The van der Waals surface area contributed by atoms with E-state index in [2.05, 4.69) is 4.72 Å². The van der Waals surface area contributed by atoms with Gasteiger partial charge in [-0.1, -0.05) is 18.2 Å². The molecule has 0 atom stereocenters. The van der Waals surface area contributed by atoms with Crippen LogP contribution >= 0.6 is 0 Å². The number of nitrogens with zero attached hydrogens (tertiary/aromatic N) is 1. The number of aryl methyl sites for hydroxylation is 1. The fraction of sp³-hybridized carbons (Fsp3) is 0.0714. The van der Waals surface area contributed by atoms with Gasteiger partial charge in [0.25, 0.3) is 10.0 Å². The van der Waals surface area contributed by atoms with Crippen LogP contribution in [0.25, 0.3) is 0 Å². The molecule has 0 aliphatic heterocycles. The monoisotopic (exact) mass is 287 g/mol. The average molecular weight is 287 g/mol. The fourth-order valence-corrected chi connectivity index (χ4v) is 2.77. The highest BCUT2D eigenvalue weighted by molar-refractivity contribution is 7.92. The summed E-state index contributed by atoms with van der Waals surface area (Å²) in [7, 11) is -3.77. The minimum atomic E-state index is -3.77. The lowest BCUT2D eigenvalue weighted by molar-refractivity contribution is 0.601. The minimum absolute atomic E-state index is 0.0633. The summed E-state index contributed by atoms with van der Waals surface area (Å²) in [6.45, 7) is 1.80. The van der Waals surface area contributed by atoms with Crippen LogP contribution in [0.5, 0.6) is 0 Å². The van der Waals surface area contributed by atoms with E-state index in [9.17, 15) is 8.42 Å². The number of anilines is 2. The average Bonchev–Trinajstić information content (AvgIpc) is 2.42. The van der Waals surface area contributed by atoms with Crippen LogP contribution in [-0.4, -0.2) is 8.42 Å². The number of nitrogens with two attached hydrogens (primary N) is 1. The Bertz CT molecular complexity index is 792. The van der Waals surface area contributed by atoms with Gasteiger partial charge in [-0.15, -0.1) is 0 Å². The van der Waals surface area contributed by atoms with E-state index < -0.39 is 10.0 Å². The molecule has 0 fully saturated rings. The van der Waals surface area contributed by atoms with Crippen LogP contribution in [0.3, 0.4) is 0 Å². The Balaban J connectivity index is 2.41. The summed E-state index contributed by atoms with van der Waals surface area (Å²) < 4.78 is 26.9. The SMILES string of the molecule is Cc1ccc(S(=O)(=O)Nc2ccccc2C#N)cc1N. The predicted octanol–water partition coefficient (Wildman–Crippen LogP) is 2.25. The summed E-state index contributed by atoms with van der Waals surface area (Å²) in [4.78, 5) is 0.0633. The maximum atomic E-state index is 12.3. The van der Waals surface area contributed by atoms with Gasteiger partial charge in [-0.3, -0.25) is 4.72 Å². The van der Waals surface area contributed by atoms with Crippen molar-refractivity contribution in [1.82, 2.24) is 0 Å². The van der Waals surface area contributed by atoms with Gasteiger partial charge in [-0.2, -0.15) is 5.26 Å². The molecule has 2 rings (SSSR count). The zero-order valence-corrected chi connectivity index (χ0v) is 11.6. The molecule has 20 heavy (non-hydrogen) atoms. The summed E-state index contributed by atoms with van der Waals surface area (Å²) in [6.07, 6.45) is 0.